The lowest BCUT2D eigenvalue weighted by molar-refractivity contribution is 0.178. The van der Waals surface area contributed by atoms with Gasteiger partial charge in [-0.2, -0.15) is 10.5 Å². The summed E-state index contributed by atoms with van der Waals surface area (Å²) < 4.78 is 0. The minimum atomic E-state index is -0.534. The van der Waals surface area contributed by atoms with Crippen molar-refractivity contribution in [2.75, 3.05) is 13.1 Å². The molecule has 1 aliphatic rings. The van der Waals surface area contributed by atoms with E-state index in [4.69, 9.17) is 10.5 Å². The second kappa shape index (κ2) is 4.09. The first-order chi connectivity index (χ1) is 5.77. The van der Waals surface area contributed by atoms with Crippen molar-refractivity contribution in [3.63, 3.8) is 0 Å². The van der Waals surface area contributed by atoms with E-state index in [9.17, 15) is 0 Å². The molecule has 0 amide bonds. The maximum absolute atomic E-state index is 8.65. The molecule has 1 rings (SSSR count). The lowest BCUT2D eigenvalue weighted by Crippen LogP contribution is -2.40. The van der Waals surface area contributed by atoms with Crippen LogP contribution in [0.25, 0.3) is 0 Å². The SMILES string of the molecule is CC1CCCN(C(C#N)C#N)C1. The highest BCUT2D eigenvalue weighted by molar-refractivity contribution is 5.07. The van der Waals surface area contributed by atoms with Crippen molar-refractivity contribution >= 4 is 0 Å². The van der Waals surface area contributed by atoms with E-state index in [1.807, 2.05) is 17.0 Å². The van der Waals surface area contributed by atoms with Crippen molar-refractivity contribution in [1.29, 1.82) is 10.5 Å². The van der Waals surface area contributed by atoms with E-state index in [1.165, 1.54) is 6.42 Å². The van der Waals surface area contributed by atoms with Crippen molar-refractivity contribution in [1.82, 2.24) is 4.90 Å². The van der Waals surface area contributed by atoms with Crippen LogP contribution in [0.3, 0.4) is 0 Å². The topological polar surface area (TPSA) is 50.8 Å². The summed E-state index contributed by atoms with van der Waals surface area (Å²) in [6.07, 6.45) is 2.33. The maximum Gasteiger partial charge on any atom is 0.186 e. The lowest BCUT2D eigenvalue weighted by Gasteiger charge is -2.30. The summed E-state index contributed by atoms with van der Waals surface area (Å²) in [5.74, 6) is 0.628. The largest absolute Gasteiger partial charge is 0.276 e. The quantitative estimate of drug-likeness (QED) is 0.582. The van der Waals surface area contributed by atoms with Crippen LogP contribution in [0.15, 0.2) is 0 Å². The predicted molar refractivity (Wildman–Crippen MR) is 45.0 cm³/mol. The predicted octanol–water partition coefficient (Wildman–Crippen LogP) is 1.13. The Labute approximate surface area is 73.2 Å². The smallest absolute Gasteiger partial charge is 0.186 e. The van der Waals surface area contributed by atoms with Crippen molar-refractivity contribution in [3.05, 3.63) is 0 Å². The first-order valence-corrected chi connectivity index (χ1v) is 4.31. The van der Waals surface area contributed by atoms with Crippen LogP contribution in [0.4, 0.5) is 0 Å². The zero-order valence-electron chi connectivity index (χ0n) is 7.32. The molecule has 0 radical (unpaired) electrons. The average molecular weight is 163 g/mol. The fraction of sp³-hybridized carbons (Fsp3) is 0.778. The van der Waals surface area contributed by atoms with Crippen LogP contribution < -0.4 is 0 Å². The van der Waals surface area contributed by atoms with Crippen LogP contribution in [0.1, 0.15) is 19.8 Å². The lowest BCUT2D eigenvalue weighted by atomic mass is 9.99. The average Bonchev–Trinajstić information content (AvgIpc) is 2.07. The van der Waals surface area contributed by atoms with E-state index in [2.05, 4.69) is 6.92 Å². The van der Waals surface area contributed by atoms with Crippen molar-refractivity contribution in [2.45, 2.75) is 25.8 Å². The number of hydrogen-bond acceptors (Lipinski definition) is 3. The Hall–Kier alpha value is -1.06. The highest BCUT2D eigenvalue weighted by Gasteiger charge is 2.22. The highest BCUT2D eigenvalue weighted by Crippen LogP contribution is 2.16. The van der Waals surface area contributed by atoms with Gasteiger partial charge in [0.15, 0.2) is 6.04 Å². The molecule has 3 nitrogen and oxygen atoms in total. The molecule has 0 aromatic rings. The zero-order chi connectivity index (χ0) is 8.97. The first-order valence-electron chi connectivity index (χ1n) is 4.31. The summed E-state index contributed by atoms with van der Waals surface area (Å²) in [4.78, 5) is 1.97. The molecule has 3 heteroatoms. The summed E-state index contributed by atoms with van der Waals surface area (Å²) in [5.41, 5.74) is 0. The minimum Gasteiger partial charge on any atom is -0.276 e. The van der Waals surface area contributed by atoms with E-state index >= 15 is 0 Å². The van der Waals surface area contributed by atoms with Crippen LogP contribution >= 0.6 is 0 Å². The Morgan fingerprint density at radius 1 is 1.42 bits per heavy atom. The van der Waals surface area contributed by atoms with Crippen LogP contribution in [0.5, 0.6) is 0 Å². The number of hydrogen-bond donors (Lipinski definition) is 0. The van der Waals surface area contributed by atoms with Crippen molar-refractivity contribution in [3.8, 4) is 12.1 Å². The highest BCUT2D eigenvalue weighted by atomic mass is 15.2. The number of nitrogens with zero attached hydrogens (tertiary/aromatic N) is 3. The maximum atomic E-state index is 8.65. The third kappa shape index (κ3) is 1.96. The number of piperidine rings is 1. The van der Waals surface area contributed by atoms with Crippen LogP contribution in [-0.4, -0.2) is 24.0 Å². The van der Waals surface area contributed by atoms with Gasteiger partial charge in [0, 0.05) is 13.1 Å². The van der Waals surface area contributed by atoms with Gasteiger partial charge in [-0.3, -0.25) is 4.90 Å². The molecule has 0 aliphatic carbocycles. The number of likely N-dealkylation sites (tertiary alicyclic amines) is 1. The Morgan fingerprint density at radius 2 is 2.08 bits per heavy atom. The molecular weight excluding hydrogens is 150 g/mol. The summed E-state index contributed by atoms with van der Waals surface area (Å²) in [6.45, 7) is 3.96. The van der Waals surface area contributed by atoms with Crippen LogP contribution in [0.2, 0.25) is 0 Å². The fourth-order valence-corrected chi connectivity index (χ4v) is 1.65. The normalized spacial score (nSPS) is 24.8. The monoisotopic (exact) mass is 163 g/mol. The van der Waals surface area contributed by atoms with Gasteiger partial charge in [-0.1, -0.05) is 6.92 Å². The van der Waals surface area contributed by atoms with Gasteiger partial charge < -0.3 is 0 Å². The van der Waals surface area contributed by atoms with Crippen LogP contribution in [-0.2, 0) is 0 Å². The molecule has 0 N–H and O–H groups in total. The van der Waals surface area contributed by atoms with E-state index in [0.717, 1.165) is 19.5 Å². The van der Waals surface area contributed by atoms with Gasteiger partial charge in [-0.15, -0.1) is 0 Å². The summed E-state index contributed by atoms with van der Waals surface area (Å²) in [6, 6.07) is 3.48. The van der Waals surface area contributed by atoms with Gasteiger partial charge in [-0.05, 0) is 18.8 Å². The first kappa shape index (κ1) is 9.03. The molecule has 1 unspecified atom stereocenters. The van der Waals surface area contributed by atoms with Gasteiger partial charge in [0.2, 0.25) is 0 Å². The molecule has 0 bridgehead atoms. The summed E-state index contributed by atoms with van der Waals surface area (Å²) in [5, 5.41) is 17.3. The molecule has 1 atom stereocenters. The second-order valence-electron chi connectivity index (χ2n) is 3.40. The van der Waals surface area contributed by atoms with E-state index in [0.29, 0.717) is 5.92 Å². The van der Waals surface area contributed by atoms with Gasteiger partial charge >= 0.3 is 0 Å². The van der Waals surface area contributed by atoms with Gasteiger partial charge in [-0.25, -0.2) is 0 Å². The third-order valence-electron chi connectivity index (χ3n) is 2.30. The molecule has 12 heavy (non-hydrogen) atoms. The summed E-state index contributed by atoms with van der Waals surface area (Å²) >= 11 is 0. The number of nitriles is 2. The molecule has 0 aromatic carbocycles. The van der Waals surface area contributed by atoms with Gasteiger partial charge in [0.1, 0.15) is 0 Å². The molecule has 1 aliphatic heterocycles. The zero-order valence-corrected chi connectivity index (χ0v) is 7.32. The molecule has 1 saturated heterocycles. The van der Waals surface area contributed by atoms with Gasteiger partial charge in [0.05, 0.1) is 12.1 Å². The Morgan fingerprint density at radius 3 is 2.58 bits per heavy atom. The van der Waals surface area contributed by atoms with E-state index < -0.39 is 6.04 Å². The molecular formula is C9H13N3. The molecule has 0 spiro atoms. The van der Waals surface area contributed by atoms with Crippen LogP contribution in [0, 0.1) is 28.6 Å². The van der Waals surface area contributed by atoms with E-state index in [1.54, 1.807) is 0 Å². The second-order valence-corrected chi connectivity index (χ2v) is 3.40. The molecule has 1 heterocycles. The standard InChI is InChI=1S/C9H13N3/c1-8-3-2-4-12(7-8)9(5-10)6-11/h8-9H,2-4,7H2,1H3. The third-order valence-corrected chi connectivity index (χ3v) is 2.30. The Kier molecular flexibility index (Phi) is 3.08. The number of rotatable bonds is 1. The van der Waals surface area contributed by atoms with Gasteiger partial charge in [0.25, 0.3) is 0 Å². The molecule has 0 aromatic heterocycles. The van der Waals surface area contributed by atoms with Crippen molar-refractivity contribution < 1.29 is 0 Å². The minimum absolute atomic E-state index is 0.534. The molecule has 64 valence electrons. The Balaban J connectivity index is 2.52. The molecule has 0 saturated carbocycles. The molecule has 1 fully saturated rings. The summed E-state index contributed by atoms with van der Waals surface area (Å²) in [7, 11) is 0. The van der Waals surface area contributed by atoms with Crippen molar-refractivity contribution in [2.24, 2.45) is 5.92 Å². The Bertz CT molecular complexity index is 209. The van der Waals surface area contributed by atoms with E-state index in [-0.39, 0.29) is 0 Å². The fourth-order valence-electron chi connectivity index (χ4n) is 1.65.